The third-order valence-corrected chi connectivity index (χ3v) is 6.17. The summed E-state index contributed by atoms with van der Waals surface area (Å²) in [5.74, 6) is -0.0562. The molecule has 0 aliphatic rings. The van der Waals surface area contributed by atoms with E-state index in [9.17, 15) is 19.1 Å². The Morgan fingerprint density at radius 2 is 1.71 bits per heavy atom. The van der Waals surface area contributed by atoms with Crippen LogP contribution in [0.1, 0.15) is 61.8 Å². The van der Waals surface area contributed by atoms with Gasteiger partial charge in [0.15, 0.2) is 0 Å². The highest BCUT2D eigenvalue weighted by Crippen LogP contribution is 2.39. The Kier molecular flexibility index (Phi) is 6.69. The van der Waals surface area contributed by atoms with Crippen molar-refractivity contribution in [3.63, 3.8) is 0 Å². The van der Waals surface area contributed by atoms with E-state index < -0.39 is 11.1 Å². The summed E-state index contributed by atoms with van der Waals surface area (Å²) < 4.78 is 21.6. The number of rotatable bonds is 5. The summed E-state index contributed by atoms with van der Waals surface area (Å²) in [6.07, 6.45) is 3.16. The number of fused-ring (bicyclic) bond motifs is 1. The highest BCUT2D eigenvalue weighted by Gasteiger charge is 2.25. The Hall–Kier alpha value is -3.98. The molecule has 0 fully saturated rings. The number of pyridine rings is 2. The molecule has 0 saturated carbocycles. The highest BCUT2D eigenvalue weighted by molar-refractivity contribution is 6.03. The maximum absolute atomic E-state index is 13.9. The van der Waals surface area contributed by atoms with Crippen LogP contribution in [0.2, 0.25) is 0 Å². The molecule has 8 nitrogen and oxygen atoms in total. The fraction of sp³-hybridized carbons (Fsp3) is 0.345. The third-order valence-electron chi connectivity index (χ3n) is 6.17. The average molecular weight is 521 g/mol. The maximum atomic E-state index is 13.9. The van der Waals surface area contributed by atoms with E-state index in [0.29, 0.717) is 39.0 Å². The lowest BCUT2D eigenvalue weighted by Gasteiger charge is -2.21. The van der Waals surface area contributed by atoms with Gasteiger partial charge in [-0.3, -0.25) is 9.59 Å². The van der Waals surface area contributed by atoms with Crippen LogP contribution in [0.25, 0.3) is 22.0 Å². The molecule has 1 amide bonds. The van der Waals surface area contributed by atoms with Crippen molar-refractivity contribution >= 4 is 16.8 Å². The van der Waals surface area contributed by atoms with Crippen LogP contribution in [0.3, 0.4) is 0 Å². The average Bonchev–Trinajstić information content (AvgIpc) is 3.23. The Bertz CT molecular complexity index is 1600. The monoisotopic (exact) mass is 520 g/mol. The first-order valence-corrected chi connectivity index (χ1v) is 12.3. The molecule has 4 aromatic rings. The third kappa shape index (κ3) is 5.33. The van der Waals surface area contributed by atoms with Gasteiger partial charge < -0.3 is 24.7 Å². The Balaban J connectivity index is 1.98. The Morgan fingerprint density at radius 3 is 2.29 bits per heavy atom. The zero-order chi connectivity index (χ0) is 28.2. The normalized spacial score (nSPS) is 12.2. The lowest BCUT2D eigenvalue weighted by atomic mass is 9.96. The van der Waals surface area contributed by atoms with E-state index in [0.717, 1.165) is 0 Å². The Labute approximate surface area is 220 Å². The summed E-state index contributed by atoms with van der Waals surface area (Å²) in [5, 5.41) is 14.1. The molecule has 3 N–H and O–H groups in total. The number of nitrogens with zero attached hydrogens (tertiary/aromatic N) is 2. The van der Waals surface area contributed by atoms with Gasteiger partial charge in [0.05, 0.1) is 5.60 Å². The van der Waals surface area contributed by atoms with E-state index in [-0.39, 0.29) is 34.4 Å². The minimum absolute atomic E-state index is 0.206. The summed E-state index contributed by atoms with van der Waals surface area (Å²) in [6, 6.07) is 6.13. The van der Waals surface area contributed by atoms with Crippen LogP contribution in [0.5, 0.6) is 11.6 Å². The first kappa shape index (κ1) is 27.1. The molecular formula is C29H33FN4O4. The number of carbonyl (C=O) groups is 1. The second kappa shape index (κ2) is 9.40. The number of nitrogens with one attached hydrogen (secondary N) is 2. The lowest BCUT2D eigenvalue weighted by Crippen LogP contribution is -2.40. The largest absolute Gasteiger partial charge is 0.438 e. The van der Waals surface area contributed by atoms with Crippen LogP contribution in [0.15, 0.2) is 41.5 Å². The van der Waals surface area contributed by atoms with Crippen LogP contribution in [-0.2, 0) is 12.6 Å². The summed E-state index contributed by atoms with van der Waals surface area (Å²) in [6.45, 7) is 12.4. The van der Waals surface area contributed by atoms with Crippen molar-refractivity contribution in [1.29, 1.82) is 0 Å². The number of H-pyrrole nitrogens is 1. The quantitative estimate of drug-likeness (QED) is 0.334. The van der Waals surface area contributed by atoms with E-state index in [4.69, 9.17) is 4.74 Å². The van der Waals surface area contributed by atoms with Gasteiger partial charge in [-0.15, -0.1) is 0 Å². The number of carbonyl (C=O) groups excluding carboxylic acids is 1. The van der Waals surface area contributed by atoms with Crippen molar-refractivity contribution in [2.75, 3.05) is 0 Å². The molecule has 38 heavy (non-hydrogen) atoms. The molecule has 0 aliphatic carbocycles. The zero-order valence-corrected chi connectivity index (χ0v) is 22.9. The first-order valence-electron chi connectivity index (χ1n) is 12.3. The second-order valence-electron chi connectivity index (χ2n) is 11.2. The molecule has 9 heteroatoms. The van der Waals surface area contributed by atoms with E-state index in [1.165, 1.54) is 22.9 Å². The molecule has 4 rings (SSSR count). The number of aliphatic hydroxyl groups is 1. The van der Waals surface area contributed by atoms with Crippen molar-refractivity contribution < 1.29 is 19.0 Å². The molecule has 0 radical (unpaired) electrons. The number of aryl methyl sites for hydroxylation is 3. The molecule has 0 atom stereocenters. The van der Waals surface area contributed by atoms with Crippen molar-refractivity contribution in [2.45, 2.75) is 59.6 Å². The summed E-state index contributed by atoms with van der Waals surface area (Å²) >= 11 is 0. The molecule has 3 aromatic heterocycles. The molecule has 200 valence electrons. The van der Waals surface area contributed by atoms with E-state index in [1.54, 1.807) is 53.1 Å². The van der Waals surface area contributed by atoms with E-state index in [1.807, 2.05) is 20.8 Å². The highest BCUT2D eigenvalue weighted by atomic mass is 19.1. The van der Waals surface area contributed by atoms with Crippen molar-refractivity contribution in [2.24, 2.45) is 7.05 Å². The second-order valence-corrected chi connectivity index (χ2v) is 11.2. The molecular weight excluding hydrogens is 487 g/mol. The van der Waals surface area contributed by atoms with E-state index >= 15 is 0 Å². The number of benzene rings is 1. The van der Waals surface area contributed by atoms with Gasteiger partial charge in [-0.05, 0) is 83.9 Å². The molecule has 0 saturated heterocycles. The van der Waals surface area contributed by atoms with Crippen LogP contribution < -0.4 is 15.6 Å². The van der Waals surface area contributed by atoms with E-state index in [2.05, 4.69) is 15.3 Å². The molecule has 0 bridgehead atoms. The predicted molar refractivity (Wildman–Crippen MR) is 145 cm³/mol. The first-order chi connectivity index (χ1) is 17.5. The Morgan fingerprint density at radius 1 is 1.08 bits per heavy atom. The standard InChI is InChI=1S/C29H33FN4O4/c1-15-9-18(30)10-16(2)24(15)38-26-20(11-17(13-31-26)29(6,7)37)21-14-34(8)27(36)23-19(21)12-22(32-23)25(35)33-28(3,4)5/h9-14,32,37H,1-8H3,(H,33,35). The smallest absolute Gasteiger partial charge is 0.274 e. The number of hydrogen-bond acceptors (Lipinski definition) is 5. The topological polar surface area (TPSA) is 109 Å². The fourth-order valence-electron chi connectivity index (χ4n) is 4.29. The van der Waals surface area contributed by atoms with Gasteiger partial charge in [-0.2, -0.15) is 0 Å². The van der Waals surface area contributed by atoms with Crippen LogP contribution in [0.4, 0.5) is 4.39 Å². The van der Waals surface area contributed by atoms with Crippen molar-refractivity contribution in [3.8, 4) is 22.8 Å². The number of ether oxygens (including phenoxy) is 1. The van der Waals surface area contributed by atoms with Crippen molar-refractivity contribution in [1.82, 2.24) is 19.9 Å². The van der Waals surface area contributed by atoms with Crippen molar-refractivity contribution in [3.05, 3.63) is 75.2 Å². The summed E-state index contributed by atoms with van der Waals surface area (Å²) in [4.78, 5) is 33.4. The number of amides is 1. The van der Waals surface area contributed by atoms with Gasteiger partial charge >= 0.3 is 0 Å². The van der Waals surface area contributed by atoms with Crippen LogP contribution >= 0.6 is 0 Å². The molecule has 0 aliphatic heterocycles. The van der Waals surface area contributed by atoms with Gasteiger partial charge in [0.2, 0.25) is 5.88 Å². The molecule has 1 aromatic carbocycles. The lowest BCUT2D eigenvalue weighted by molar-refractivity contribution is 0.0781. The SMILES string of the molecule is Cc1cc(F)cc(C)c1Oc1ncc(C(C)(C)O)cc1-c1cn(C)c(=O)c2[nH]c(C(=O)NC(C)(C)C)cc12. The van der Waals surface area contributed by atoms with Crippen LogP contribution in [-0.4, -0.2) is 31.1 Å². The number of aromatic nitrogens is 3. The number of aromatic amines is 1. The van der Waals surface area contributed by atoms with Gasteiger partial charge in [0.25, 0.3) is 11.5 Å². The molecule has 0 unspecified atom stereocenters. The zero-order valence-electron chi connectivity index (χ0n) is 22.9. The number of hydrogen-bond donors (Lipinski definition) is 3. The van der Waals surface area contributed by atoms with Crippen LogP contribution in [0, 0.1) is 19.7 Å². The fourth-order valence-corrected chi connectivity index (χ4v) is 4.29. The van der Waals surface area contributed by atoms with Gasteiger partial charge in [-0.1, -0.05) is 0 Å². The van der Waals surface area contributed by atoms with Gasteiger partial charge in [0, 0.05) is 47.1 Å². The number of halogens is 1. The summed E-state index contributed by atoms with van der Waals surface area (Å²) in [7, 11) is 1.61. The minimum atomic E-state index is -1.21. The summed E-state index contributed by atoms with van der Waals surface area (Å²) in [5.41, 5.74) is 1.27. The predicted octanol–water partition coefficient (Wildman–Crippen LogP) is 5.23. The molecule has 3 heterocycles. The van der Waals surface area contributed by atoms with Gasteiger partial charge in [0.1, 0.15) is 22.8 Å². The maximum Gasteiger partial charge on any atom is 0.274 e. The minimum Gasteiger partial charge on any atom is -0.438 e. The molecule has 0 spiro atoms. The van der Waals surface area contributed by atoms with Gasteiger partial charge in [-0.25, -0.2) is 9.37 Å².